The number of anilines is 2. The van der Waals surface area contributed by atoms with E-state index < -0.39 is 0 Å². The fourth-order valence-electron chi connectivity index (χ4n) is 3.47. The van der Waals surface area contributed by atoms with E-state index >= 15 is 0 Å². The Morgan fingerprint density at radius 1 is 1.32 bits per heavy atom. The fraction of sp³-hybridized carbons (Fsp3) is 0.533. The molecule has 19 heavy (non-hydrogen) atoms. The van der Waals surface area contributed by atoms with Crippen molar-refractivity contribution in [1.29, 1.82) is 0 Å². The molecule has 0 bridgehead atoms. The number of hydrogen-bond acceptors (Lipinski definition) is 4. The van der Waals surface area contributed by atoms with Gasteiger partial charge >= 0.3 is 5.97 Å². The molecule has 2 N–H and O–H groups in total. The maximum Gasteiger partial charge on any atom is 0.340 e. The second-order valence-corrected chi connectivity index (χ2v) is 5.62. The molecule has 3 rings (SSSR count). The normalized spacial score (nSPS) is 25.4. The van der Waals surface area contributed by atoms with E-state index in [1.165, 1.54) is 26.4 Å². The van der Waals surface area contributed by atoms with Gasteiger partial charge in [0.05, 0.1) is 12.7 Å². The average Bonchev–Trinajstić information content (AvgIpc) is 2.99. The third kappa shape index (κ3) is 2.15. The van der Waals surface area contributed by atoms with Crippen molar-refractivity contribution in [3.63, 3.8) is 0 Å². The van der Waals surface area contributed by atoms with Gasteiger partial charge in [0, 0.05) is 24.5 Å². The van der Waals surface area contributed by atoms with Gasteiger partial charge in [-0.05, 0) is 42.9 Å². The molecular weight excluding hydrogens is 240 g/mol. The zero-order valence-electron chi connectivity index (χ0n) is 11.3. The van der Waals surface area contributed by atoms with E-state index in [1.807, 2.05) is 12.1 Å². The lowest BCUT2D eigenvalue weighted by atomic mass is 10.0. The number of hydrogen-bond donors (Lipinski definition) is 1. The Kier molecular flexibility index (Phi) is 3.09. The Hall–Kier alpha value is -1.71. The van der Waals surface area contributed by atoms with E-state index in [1.54, 1.807) is 6.07 Å². The Morgan fingerprint density at radius 3 is 2.63 bits per heavy atom. The number of nitrogen functional groups attached to an aromatic ring is 1. The first-order chi connectivity index (χ1) is 9.19. The molecule has 0 radical (unpaired) electrons. The number of methoxy groups -OCH3 is 1. The van der Waals surface area contributed by atoms with Gasteiger partial charge in [-0.25, -0.2) is 4.79 Å². The van der Waals surface area contributed by atoms with Crippen LogP contribution in [0.15, 0.2) is 18.2 Å². The van der Waals surface area contributed by atoms with Crippen molar-refractivity contribution < 1.29 is 9.53 Å². The van der Waals surface area contributed by atoms with Crippen molar-refractivity contribution in [2.75, 3.05) is 30.8 Å². The number of esters is 1. The number of nitrogens with two attached hydrogens (primary N) is 1. The van der Waals surface area contributed by atoms with Crippen LogP contribution in [0, 0.1) is 11.8 Å². The van der Waals surface area contributed by atoms with E-state index in [9.17, 15) is 4.79 Å². The van der Waals surface area contributed by atoms with Crippen molar-refractivity contribution in [3.05, 3.63) is 23.8 Å². The van der Waals surface area contributed by atoms with E-state index in [0.717, 1.165) is 30.6 Å². The van der Waals surface area contributed by atoms with E-state index in [4.69, 9.17) is 10.5 Å². The van der Waals surface area contributed by atoms with Gasteiger partial charge in [-0.15, -0.1) is 0 Å². The maximum atomic E-state index is 11.7. The molecule has 2 fully saturated rings. The van der Waals surface area contributed by atoms with Crippen molar-refractivity contribution in [1.82, 2.24) is 0 Å². The smallest absolute Gasteiger partial charge is 0.340 e. The van der Waals surface area contributed by atoms with Crippen LogP contribution >= 0.6 is 0 Å². The molecule has 2 aliphatic rings. The minimum absolute atomic E-state index is 0.362. The van der Waals surface area contributed by atoms with Gasteiger partial charge in [0.2, 0.25) is 0 Å². The number of carbonyl (C=O) groups is 1. The molecule has 1 aliphatic carbocycles. The molecular formula is C15H20N2O2. The molecule has 1 aliphatic heterocycles. The lowest BCUT2D eigenvalue weighted by Crippen LogP contribution is -2.21. The molecule has 4 heteroatoms. The van der Waals surface area contributed by atoms with Crippen LogP contribution in [-0.4, -0.2) is 26.2 Å². The standard InChI is InChI=1S/C15H20N2O2/c1-19-15(18)13-7-12(5-6-14(13)16)17-8-10-3-2-4-11(10)9-17/h5-7,10-11H,2-4,8-9,16H2,1H3. The lowest BCUT2D eigenvalue weighted by molar-refractivity contribution is 0.0602. The summed E-state index contributed by atoms with van der Waals surface area (Å²) in [6.07, 6.45) is 4.07. The van der Waals surface area contributed by atoms with Crippen LogP contribution in [0.2, 0.25) is 0 Å². The van der Waals surface area contributed by atoms with Gasteiger partial charge in [0.25, 0.3) is 0 Å². The van der Waals surface area contributed by atoms with Crippen LogP contribution in [-0.2, 0) is 4.74 Å². The quantitative estimate of drug-likeness (QED) is 0.655. The van der Waals surface area contributed by atoms with Crippen LogP contribution in [0.4, 0.5) is 11.4 Å². The van der Waals surface area contributed by atoms with Crippen molar-refractivity contribution in [2.24, 2.45) is 11.8 Å². The molecule has 0 amide bonds. The summed E-state index contributed by atoms with van der Waals surface area (Å²) in [5, 5.41) is 0. The fourth-order valence-corrected chi connectivity index (χ4v) is 3.47. The Morgan fingerprint density at radius 2 is 2.00 bits per heavy atom. The second-order valence-electron chi connectivity index (χ2n) is 5.62. The Balaban J connectivity index is 1.84. The third-order valence-electron chi connectivity index (χ3n) is 4.53. The largest absolute Gasteiger partial charge is 0.465 e. The molecule has 1 saturated heterocycles. The molecule has 1 aromatic carbocycles. The number of ether oxygens (including phenoxy) is 1. The number of fused-ring (bicyclic) bond motifs is 1. The summed E-state index contributed by atoms with van der Waals surface area (Å²) >= 11 is 0. The van der Waals surface area contributed by atoms with Crippen molar-refractivity contribution in [2.45, 2.75) is 19.3 Å². The number of benzene rings is 1. The highest BCUT2D eigenvalue weighted by Gasteiger charge is 2.36. The summed E-state index contributed by atoms with van der Waals surface area (Å²) in [5.74, 6) is 1.30. The topological polar surface area (TPSA) is 55.6 Å². The van der Waals surface area contributed by atoms with Gasteiger partial charge in [-0.1, -0.05) is 6.42 Å². The van der Waals surface area contributed by atoms with Crippen LogP contribution in [0.5, 0.6) is 0 Å². The zero-order valence-corrected chi connectivity index (χ0v) is 11.3. The minimum atomic E-state index is -0.362. The highest BCUT2D eigenvalue weighted by atomic mass is 16.5. The third-order valence-corrected chi connectivity index (χ3v) is 4.53. The predicted molar refractivity (Wildman–Crippen MR) is 75.2 cm³/mol. The predicted octanol–water partition coefficient (Wildman–Crippen LogP) is 2.29. The van der Waals surface area contributed by atoms with Crippen LogP contribution in [0.1, 0.15) is 29.6 Å². The molecule has 1 aromatic rings. The second kappa shape index (κ2) is 4.76. The highest BCUT2D eigenvalue weighted by molar-refractivity contribution is 5.96. The highest BCUT2D eigenvalue weighted by Crippen LogP contribution is 2.39. The molecule has 1 saturated carbocycles. The molecule has 102 valence electrons. The zero-order chi connectivity index (χ0) is 13.4. The van der Waals surface area contributed by atoms with Crippen molar-refractivity contribution in [3.8, 4) is 0 Å². The Labute approximate surface area is 113 Å². The first-order valence-corrected chi connectivity index (χ1v) is 6.92. The summed E-state index contributed by atoms with van der Waals surface area (Å²) in [5.41, 5.74) is 7.88. The SMILES string of the molecule is COC(=O)c1cc(N2CC3CCCC3C2)ccc1N. The molecule has 0 spiro atoms. The summed E-state index contributed by atoms with van der Waals surface area (Å²) in [6, 6.07) is 5.67. The molecule has 1 heterocycles. The summed E-state index contributed by atoms with van der Waals surface area (Å²) in [4.78, 5) is 14.1. The molecule has 2 unspecified atom stereocenters. The van der Waals surface area contributed by atoms with Gasteiger partial charge in [0.1, 0.15) is 0 Å². The first kappa shape index (κ1) is 12.3. The monoisotopic (exact) mass is 260 g/mol. The average molecular weight is 260 g/mol. The summed E-state index contributed by atoms with van der Waals surface area (Å²) < 4.78 is 4.77. The van der Waals surface area contributed by atoms with Crippen molar-refractivity contribution >= 4 is 17.3 Å². The molecule has 0 aromatic heterocycles. The van der Waals surface area contributed by atoms with E-state index in [0.29, 0.717) is 11.3 Å². The summed E-state index contributed by atoms with van der Waals surface area (Å²) in [6.45, 7) is 2.21. The van der Waals surface area contributed by atoms with Crippen LogP contribution in [0.3, 0.4) is 0 Å². The van der Waals surface area contributed by atoms with Crippen LogP contribution in [0.25, 0.3) is 0 Å². The maximum absolute atomic E-state index is 11.7. The minimum Gasteiger partial charge on any atom is -0.465 e. The number of nitrogens with zero attached hydrogens (tertiary/aromatic N) is 1. The number of rotatable bonds is 2. The number of carbonyl (C=O) groups excluding carboxylic acids is 1. The molecule has 4 nitrogen and oxygen atoms in total. The van der Waals surface area contributed by atoms with Gasteiger partial charge in [-0.2, -0.15) is 0 Å². The van der Waals surface area contributed by atoms with Crippen LogP contribution < -0.4 is 10.6 Å². The van der Waals surface area contributed by atoms with Gasteiger partial charge < -0.3 is 15.4 Å². The summed E-state index contributed by atoms with van der Waals surface area (Å²) in [7, 11) is 1.38. The lowest BCUT2D eigenvalue weighted by Gasteiger charge is -2.20. The van der Waals surface area contributed by atoms with Gasteiger partial charge in [0.15, 0.2) is 0 Å². The molecule has 2 atom stereocenters. The Bertz CT molecular complexity index is 489. The van der Waals surface area contributed by atoms with E-state index in [2.05, 4.69) is 4.90 Å². The van der Waals surface area contributed by atoms with Gasteiger partial charge in [-0.3, -0.25) is 0 Å². The first-order valence-electron chi connectivity index (χ1n) is 6.92. The van der Waals surface area contributed by atoms with E-state index in [-0.39, 0.29) is 5.97 Å².